The number of nitrogens with one attached hydrogen (secondary N) is 1. The van der Waals surface area contributed by atoms with E-state index in [0.717, 1.165) is 13.1 Å². The predicted octanol–water partition coefficient (Wildman–Crippen LogP) is 2.32. The Kier molecular flexibility index (Phi) is 7.36. The number of carbonyl (C=O) groups is 1. The lowest BCUT2D eigenvalue weighted by molar-refractivity contribution is 0.0931. The summed E-state index contributed by atoms with van der Waals surface area (Å²) in [6, 6.07) is 7.95. The number of methoxy groups -OCH3 is 1. The van der Waals surface area contributed by atoms with Crippen LogP contribution in [0.15, 0.2) is 24.3 Å². The first-order valence-corrected chi connectivity index (χ1v) is 8.45. The highest BCUT2D eigenvalue weighted by Crippen LogP contribution is 2.18. The summed E-state index contributed by atoms with van der Waals surface area (Å²) in [7, 11) is 1.63. The van der Waals surface area contributed by atoms with Crippen molar-refractivity contribution in [2.24, 2.45) is 0 Å². The molecular formula is C18H28N2O3. The zero-order valence-electron chi connectivity index (χ0n) is 14.2. The van der Waals surface area contributed by atoms with Gasteiger partial charge in [-0.25, -0.2) is 0 Å². The third-order valence-electron chi connectivity index (χ3n) is 4.30. The second-order valence-corrected chi connectivity index (χ2v) is 5.97. The van der Waals surface area contributed by atoms with E-state index in [1.807, 2.05) is 18.2 Å². The number of hydrogen-bond acceptors (Lipinski definition) is 4. The number of hydrogen-bond donors (Lipinski definition) is 1. The van der Waals surface area contributed by atoms with E-state index in [1.165, 1.54) is 19.3 Å². The minimum absolute atomic E-state index is 0.0809. The minimum atomic E-state index is -0.0809. The van der Waals surface area contributed by atoms with Gasteiger partial charge in [-0.15, -0.1) is 0 Å². The van der Waals surface area contributed by atoms with Gasteiger partial charge >= 0.3 is 0 Å². The molecule has 5 nitrogen and oxygen atoms in total. The van der Waals surface area contributed by atoms with Crippen LogP contribution in [0.2, 0.25) is 0 Å². The van der Waals surface area contributed by atoms with Gasteiger partial charge in [-0.2, -0.15) is 0 Å². The van der Waals surface area contributed by atoms with Crippen molar-refractivity contribution in [1.29, 1.82) is 0 Å². The first-order valence-electron chi connectivity index (χ1n) is 8.45. The van der Waals surface area contributed by atoms with Crippen molar-refractivity contribution in [3.8, 4) is 5.75 Å². The van der Waals surface area contributed by atoms with Crippen molar-refractivity contribution in [1.82, 2.24) is 10.2 Å². The highest BCUT2D eigenvalue weighted by atomic mass is 16.5. The van der Waals surface area contributed by atoms with E-state index in [1.54, 1.807) is 13.2 Å². The molecule has 1 aromatic carbocycles. The lowest BCUT2D eigenvalue weighted by Gasteiger charge is -2.33. The van der Waals surface area contributed by atoms with E-state index in [9.17, 15) is 4.79 Å². The Hall–Kier alpha value is -1.59. The molecule has 2 rings (SSSR count). The van der Waals surface area contributed by atoms with Crippen molar-refractivity contribution < 1.29 is 14.3 Å². The molecule has 1 aromatic rings. The van der Waals surface area contributed by atoms with Crippen LogP contribution in [0.3, 0.4) is 0 Å². The van der Waals surface area contributed by atoms with E-state index in [-0.39, 0.29) is 5.91 Å². The summed E-state index contributed by atoms with van der Waals surface area (Å²) < 4.78 is 10.6. The average molecular weight is 320 g/mol. The number of rotatable bonds is 8. The molecule has 1 atom stereocenters. The molecule has 1 heterocycles. The normalized spacial score (nSPS) is 18.6. The van der Waals surface area contributed by atoms with Crippen LogP contribution in [0.5, 0.6) is 5.75 Å². The van der Waals surface area contributed by atoms with Crippen molar-refractivity contribution in [3.05, 3.63) is 29.8 Å². The van der Waals surface area contributed by atoms with E-state index in [4.69, 9.17) is 9.47 Å². The molecule has 0 bridgehead atoms. The van der Waals surface area contributed by atoms with Gasteiger partial charge in [-0.05, 0) is 38.4 Å². The molecule has 1 saturated heterocycles. The van der Waals surface area contributed by atoms with Gasteiger partial charge in [-0.1, -0.05) is 18.6 Å². The molecule has 0 aromatic heterocycles. The van der Waals surface area contributed by atoms with Crippen LogP contribution in [-0.2, 0) is 4.74 Å². The molecule has 23 heavy (non-hydrogen) atoms. The number of carbonyl (C=O) groups excluding carboxylic acids is 1. The van der Waals surface area contributed by atoms with Crippen LogP contribution in [0.1, 0.15) is 36.5 Å². The van der Waals surface area contributed by atoms with Crippen LogP contribution in [0.25, 0.3) is 0 Å². The minimum Gasteiger partial charge on any atom is -0.490 e. The molecule has 1 amide bonds. The monoisotopic (exact) mass is 320 g/mol. The van der Waals surface area contributed by atoms with Crippen LogP contribution in [-0.4, -0.2) is 56.8 Å². The van der Waals surface area contributed by atoms with Gasteiger partial charge in [0.25, 0.3) is 5.91 Å². The average Bonchev–Trinajstić information content (AvgIpc) is 2.57. The zero-order chi connectivity index (χ0) is 16.5. The Bertz CT molecular complexity index is 493. The van der Waals surface area contributed by atoms with Gasteiger partial charge in [0.1, 0.15) is 12.4 Å². The third-order valence-corrected chi connectivity index (χ3v) is 4.30. The smallest absolute Gasteiger partial charge is 0.255 e. The Morgan fingerprint density at radius 2 is 2.13 bits per heavy atom. The van der Waals surface area contributed by atoms with Crippen molar-refractivity contribution in [2.45, 2.75) is 32.2 Å². The Balaban J connectivity index is 1.83. The largest absolute Gasteiger partial charge is 0.490 e. The zero-order valence-corrected chi connectivity index (χ0v) is 14.2. The lowest BCUT2D eigenvalue weighted by atomic mass is 10.0. The van der Waals surface area contributed by atoms with E-state index < -0.39 is 0 Å². The molecule has 0 radical (unpaired) electrons. The lowest BCUT2D eigenvalue weighted by Crippen LogP contribution is -2.42. The molecule has 0 aliphatic carbocycles. The predicted molar refractivity (Wildman–Crippen MR) is 91.0 cm³/mol. The summed E-state index contributed by atoms with van der Waals surface area (Å²) in [6.45, 7) is 5.90. The maximum Gasteiger partial charge on any atom is 0.255 e. The van der Waals surface area contributed by atoms with Crippen LogP contribution < -0.4 is 10.1 Å². The molecule has 5 heteroatoms. The topological polar surface area (TPSA) is 50.8 Å². The van der Waals surface area contributed by atoms with E-state index in [2.05, 4.69) is 17.1 Å². The third kappa shape index (κ3) is 5.52. The SMILES string of the molecule is COCCOc1ccccc1C(=O)NCCN1CCCC[C@H]1C. The first-order chi connectivity index (χ1) is 11.2. The van der Waals surface area contributed by atoms with Gasteiger partial charge in [0.05, 0.1) is 12.2 Å². The molecule has 128 valence electrons. The summed E-state index contributed by atoms with van der Waals surface area (Å²) in [5.74, 6) is 0.524. The molecule has 1 aliphatic rings. The first kappa shape index (κ1) is 17.8. The molecule has 0 spiro atoms. The summed E-state index contributed by atoms with van der Waals surface area (Å²) in [4.78, 5) is 14.8. The van der Waals surface area contributed by atoms with Crippen LogP contribution in [0.4, 0.5) is 0 Å². The molecule has 0 unspecified atom stereocenters. The van der Waals surface area contributed by atoms with Gasteiger partial charge in [0, 0.05) is 26.2 Å². The number of likely N-dealkylation sites (tertiary alicyclic amines) is 1. The van der Waals surface area contributed by atoms with Gasteiger partial charge in [0.2, 0.25) is 0 Å². The second kappa shape index (κ2) is 9.53. The standard InChI is InChI=1S/C18H28N2O3/c1-15-7-5-6-11-20(15)12-10-19-18(21)16-8-3-4-9-17(16)23-14-13-22-2/h3-4,8-9,15H,5-7,10-14H2,1-2H3,(H,19,21)/t15-/m1/s1. The molecule has 1 fully saturated rings. The molecular weight excluding hydrogens is 292 g/mol. The number of benzene rings is 1. The fourth-order valence-corrected chi connectivity index (χ4v) is 2.91. The van der Waals surface area contributed by atoms with Crippen molar-refractivity contribution in [3.63, 3.8) is 0 Å². The molecule has 1 aliphatic heterocycles. The molecule has 1 N–H and O–H groups in total. The summed E-state index contributed by atoms with van der Waals surface area (Å²) in [6.07, 6.45) is 3.83. The maximum absolute atomic E-state index is 12.4. The summed E-state index contributed by atoms with van der Waals surface area (Å²) in [5.41, 5.74) is 0.579. The Morgan fingerprint density at radius 1 is 1.30 bits per heavy atom. The van der Waals surface area contributed by atoms with Gasteiger partial charge in [-0.3, -0.25) is 9.69 Å². The van der Waals surface area contributed by atoms with Crippen molar-refractivity contribution in [2.75, 3.05) is 40.0 Å². The Labute approximate surface area is 139 Å². The van der Waals surface area contributed by atoms with Gasteiger partial charge < -0.3 is 14.8 Å². The van der Waals surface area contributed by atoms with Crippen LogP contribution in [0, 0.1) is 0 Å². The summed E-state index contributed by atoms with van der Waals surface area (Å²) in [5, 5.41) is 3.01. The number of para-hydroxylation sites is 1. The number of nitrogens with zero attached hydrogens (tertiary/aromatic N) is 1. The quantitative estimate of drug-likeness (QED) is 0.747. The number of amides is 1. The van der Waals surface area contributed by atoms with Crippen LogP contribution >= 0.6 is 0 Å². The van der Waals surface area contributed by atoms with Gasteiger partial charge in [0.15, 0.2) is 0 Å². The maximum atomic E-state index is 12.4. The second-order valence-electron chi connectivity index (χ2n) is 5.97. The number of ether oxygens (including phenoxy) is 2. The van der Waals surface area contributed by atoms with E-state index >= 15 is 0 Å². The molecule has 0 saturated carbocycles. The highest BCUT2D eigenvalue weighted by molar-refractivity contribution is 5.96. The fraction of sp³-hybridized carbons (Fsp3) is 0.611. The fourth-order valence-electron chi connectivity index (χ4n) is 2.91. The van der Waals surface area contributed by atoms with E-state index in [0.29, 0.717) is 37.1 Å². The van der Waals surface area contributed by atoms with Crippen molar-refractivity contribution >= 4 is 5.91 Å². The highest BCUT2D eigenvalue weighted by Gasteiger charge is 2.18. The number of piperidine rings is 1. The summed E-state index contributed by atoms with van der Waals surface area (Å²) >= 11 is 0. The Morgan fingerprint density at radius 3 is 2.91 bits per heavy atom.